The Morgan fingerprint density at radius 3 is 2.77 bits per heavy atom. The highest BCUT2D eigenvalue weighted by Crippen LogP contribution is 2.26. The number of amides is 1. The normalized spacial score (nSPS) is 17.9. The molecule has 4 rings (SSSR count). The Labute approximate surface area is 176 Å². The number of fused-ring (bicyclic) bond motifs is 1. The fraction of sp³-hybridized carbons (Fsp3) is 0.455. The van der Waals surface area contributed by atoms with Gasteiger partial charge in [0.15, 0.2) is 5.82 Å². The second-order valence-electron chi connectivity index (χ2n) is 8.09. The summed E-state index contributed by atoms with van der Waals surface area (Å²) in [6.45, 7) is 5.68. The minimum Gasteiger partial charge on any atom is -0.480 e. The lowest BCUT2D eigenvalue weighted by molar-refractivity contribution is -0.126. The molecule has 2 aromatic heterocycles. The van der Waals surface area contributed by atoms with Crippen LogP contribution >= 0.6 is 0 Å². The molecule has 2 atom stereocenters. The van der Waals surface area contributed by atoms with Crippen LogP contribution in [0.1, 0.15) is 38.6 Å². The largest absolute Gasteiger partial charge is 0.480 e. The summed E-state index contributed by atoms with van der Waals surface area (Å²) >= 11 is 0. The van der Waals surface area contributed by atoms with Crippen LogP contribution in [-0.4, -0.2) is 46.3 Å². The van der Waals surface area contributed by atoms with Crippen molar-refractivity contribution >= 4 is 22.8 Å². The van der Waals surface area contributed by atoms with Gasteiger partial charge in [0.05, 0.1) is 30.1 Å². The Morgan fingerprint density at radius 2 is 2.07 bits per heavy atom. The Bertz CT molecular complexity index is 967. The molecule has 0 bridgehead atoms. The number of nitrogens with zero attached hydrogens (tertiary/aromatic N) is 4. The van der Waals surface area contributed by atoms with Crippen LogP contribution in [0, 0.1) is 11.8 Å². The molecular weight excluding hydrogens is 380 g/mol. The van der Waals surface area contributed by atoms with E-state index < -0.39 is 0 Å². The van der Waals surface area contributed by atoms with Crippen molar-refractivity contribution in [3.05, 3.63) is 42.2 Å². The molecule has 0 spiro atoms. The predicted molar refractivity (Wildman–Crippen MR) is 115 cm³/mol. The third-order valence-electron chi connectivity index (χ3n) is 5.62. The molecule has 3 heterocycles. The van der Waals surface area contributed by atoms with E-state index in [-0.39, 0.29) is 23.8 Å². The maximum atomic E-state index is 13.1. The summed E-state index contributed by atoms with van der Waals surface area (Å²) < 4.78 is 5.08. The smallest absolute Gasteiger partial charge is 0.233 e. The zero-order chi connectivity index (χ0) is 21.1. The molecule has 158 valence electrons. The van der Waals surface area contributed by atoms with E-state index in [0.717, 1.165) is 42.1 Å². The van der Waals surface area contributed by atoms with Gasteiger partial charge in [0.25, 0.3) is 0 Å². The number of piperidine rings is 1. The van der Waals surface area contributed by atoms with E-state index in [1.807, 2.05) is 30.3 Å². The van der Waals surface area contributed by atoms with E-state index in [2.05, 4.69) is 39.2 Å². The lowest BCUT2D eigenvalue weighted by Gasteiger charge is -2.33. The van der Waals surface area contributed by atoms with Gasteiger partial charge in [0.2, 0.25) is 11.8 Å². The monoisotopic (exact) mass is 408 g/mol. The maximum absolute atomic E-state index is 13.1. The number of carbonyl (C=O) groups is 1. The topological polar surface area (TPSA) is 96.0 Å². The van der Waals surface area contributed by atoms with Crippen LogP contribution in [0.3, 0.4) is 0 Å². The van der Waals surface area contributed by atoms with E-state index in [9.17, 15) is 4.79 Å². The fourth-order valence-corrected chi connectivity index (χ4v) is 3.93. The molecule has 8 nitrogen and oxygen atoms in total. The second-order valence-corrected chi connectivity index (χ2v) is 8.09. The van der Waals surface area contributed by atoms with E-state index in [1.165, 1.54) is 0 Å². The first-order chi connectivity index (χ1) is 14.5. The Kier molecular flexibility index (Phi) is 5.83. The van der Waals surface area contributed by atoms with Crippen molar-refractivity contribution in [2.45, 2.75) is 32.7 Å². The number of hydrogen-bond donors (Lipinski definition) is 2. The van der Waals surface area contributed by atoms with Gasteiger partial charge in [-0.2, -0.15) is 0 Å². The zero-order valence-electron chi connectivity index (χ0n) is 17.6. The average Bonchev–Trinajstić information content (AvgIpc) is 3.21. The Hall–Kier alpha value is -3.16. The third-order valence-corrected chi connectivity index (χ3v) is 5.62. The lowest BCUT2D eigenvalue weighted by Crippen LogP contribution is -2.45. The van der Waals surface area contributed by atoms with Crippen molar-refractivity contribution in [1.82, 2.24) is 25.5 Å². The van der Waals surface area contributed by atoms with Crippen LogP contribution in [0.4, 0.5) is 5.82 Å². The number of H-pyrrole nitrogens is 1. The lowest BCUT2D eigenvalue weighted by atomic mass is 9.95. The van der Waals surface area contributed by atoms with Gasteiger partial charge < -0.3 is 19.9 Å². The number of hydrogen-bond acceptors (Lipinski definition) is 6. The fourth-order valence-electron chi connectivity index (χ4n) is 3.93. The Morgan fingerprint density at radius 1 is 1.23 bits per heavy atom. The van der Waals surface area contributed by atoms with Crippen molar-refractivity contribution in [1.29, 1.82) is 0 Å². The second kappa shape index (κ2) is 8.69. The number of imidazole rings is 1. The number of aromatic nitrogens is 4. The molecule has 1 saturated heterocycles. The van der Waals surface area contributed by atoms with Gasteiger partial charge >= 0.3 is 0 Å². The third kappa shape index (κ3) is 4.22. The van der Waals surface area contributed by atoms with Crippen LogP contribution in [0.5, 0.6) is 5.88 Å². The van der Waals surface area contributed by atoms with Crippen LogP contribution in [0.2, 0.25) is 0 Å². The van der Waals surface area contributed by atoms with Gasteiger partial charge in [-0.25, -0.2) is 4.98 Å². The van der Waals surface area contributed by atoms with Gasteiger partial charge in [0, 0.05) is 19.2 Å². The molecule has 1 fully saturated rings. The van der Waals surface area contributed by atoms with Crippen LogP contribution < -0.4 is 15.0 Å². The SMILES string of the molecule is COc1ccc(N2CCC[C@@H](C(=O)N[C@@H](c3nc4ccccc4[nH]3)C(C)C)C2)nn1. The molecule has 1 aliphatic heterocycles. The number of anilines is 1. The molecule has 0 aliphatic carbocycles. The highest BCUT2D eigenvalue weighted by atomic mass is 16.5. The first-order valence-corrected chi connectivity index (χ1v) is 10.4. The Balaban J connectivity index is 1.46. The number of ether oxygens (including phenoxy) is 1. The molecule has 1 amide bonds. The molecule has 0 unspecified atom stereocenters. The maximum Gasteiger partial charge on any atom is 0.233 e. The zero-order valence-corrected chi connectivity index (χ0v) is 17.6. The summed E-state index contributed by atoms with van der Waals surface area (Å²) in [6, 6.07) is 11.4. The van der Waals surface area contributed by atoms with Crippen molar-refractivity contribution in [3.63, 3.8) is 0 Å². The summed E-state index contributed by atoms with van der Waals surface area (Å²) in [6.07, 6.45) is 1.79. The summed E-state index contributed by atoms with van der Waals surface area (Å²) in [5.41, 5.74) is 1.89. The average molecular weight is 409 g/mol. The van der Waals surface area contributed by atoms with Crippen LogP contribution in [0.25, 0.3) is 11.0 Å². The number of benzene rings is 1. The first-order valence-electron chi connectivity index (χ1n) is 10.4. The molecular formula is C22H28N6O2. The van der Waals surface area contributed by atoms with Gasteiger partial charge in [-0.15, -0.1) is 10.2 Å². The minimum absolute atomic E-state index is 0.0559. The van der Waals surface area contributed by atoms with Gasteiger partial charge in [-0.3, -0.25) is 4.79 Å². The van der Waals surface area contributed by atoms with E-state index >= 15 is 0 Å². The summed E-state index contributed by atoms with van der Waals surface area (Å²) in [7, 11) is 1.57. The van der Waals surface area contributed by atoms with Crippen LogP contribution in [0.15, 0.2) is 36.4 Å². The molecule has 1 aliphatic rings. The molecule has 0 radical (unpaired) electrons. The molecule has 30 heavy (non-hydrogen) atoms. The number of methoxy groups -OCH3 is 1. The standard InChI is InChI=1S/C22H28N6O2/c1-14(2)20(21-23-16-8-4-5-9-17(16)24-21)25-22(29)15-7-6-12-28(13-15)18-10-11-19(30-3)27-26-18/h4-5,8-11,14-15,20H,6-7,12-13H2,1-3H3,(H,23,24)(H,25,29)/t15-,20-/m1/s1. The number of carbonyl (C=O) groups excluding carboxylic acids is 1. The summed E-state index contributed by atoms with van der Waals surface area (Å²) in [5, 5.41) is 11.5. The first kappa shape index (κ1) is 20.1. The number of nitrogens with one attached hydrogen (secondary N) is 2. The number of rotatable bonds is 6. The van der Waals surface area contributed by atoms with Gasteiger partial charge in [-0.1, -0.05) is 26.0 Å². The van der Waals surface area contributed by atoms with E-state index in [0.29, 0.717) is 12.4 Å². The molecule has 0 saturated carbocycles. The highest BCUT2D eigenvalue weighted by Gasteiger charge is 2.30. The number of para-hydroxylation sites is 2. The van der Waals surface area contributed by atoms with Crippen molar-refractivity contribution in [2.75, 3.05) is 25.1 Å². The quantitative estimate of drug-likeness (QED) is 0.651. The predicted octanol–water partition coefficient (Wildman–Crippen LogP) is 3.09. The minimum atomic E-state index is -0.166. The molecule has 1 aromatic carbocycles. The summed E-state index contributed by atoms with van der Waals surface area (Å²) in [5.74, 6) is 2.21. The molecule has 3 aromatic rings. The van der Waals surface area contributed by atoms with Gasteiger partial charge in [-0.05, 0) is 37.0 Å². The van der Waals surface area contributed by atoms with Crippen LogP contribution in [-0.2, 0) is 4.79 Å². The van der Waals surface area contributed by atoms with E-state index in [4.69, 9.17) is 9.72 Å². The van der Waals surface area contributed by atoms with Crippen molar-refractivity contribution in [2.24, 2.45) is 11.8 Å². The molecule has 8 heteroatoms. The summed E-state index contributed by atoms with van der Waals surface area (Å²) in [4.78, 5) is 23.3. The number of aromatic amines is 1. The van der Waals surface area contributed by atoms with E-state index in [1.54, 1.807) is 13.2 Å². The van der Waals surface area contributed by atoms with Gasteiger partial charge in [0.1, 0.15) is 5.82 Å². The molecule has 2 N–H and O–H groups in total. The van der Waals surface area contributed by atoms with Crippen molar-refractivity contribution in [3.8, 4) is 5.88 Å². The highest BCUT2D eigenvalue weighted by molar-refractivity contribution is 5.80. The van der Waals surface area contributed by atoms with Crippen molar-refractivity contribution < 1.29 is 9.53 Å².